The maximum absolute atomic E-state index is 14.4. The van der Waals surface area contributed by atoms with Crippen LogP contribution >= 0.6 is 11.8 Å². The van der Waals surface area contributed by atoms with E-state index in [9.17, 15) is 9.18 Å². The van der Waals surface area contributed by atoms with Crippen molar-refractivity contribution in [1.29, 1.82) is 0 Å². The van der Waals surface area contributed by atoms with Crippen LogP contribution in [0.25, 0.3) is 21.8 Å². The first-order valence-corrected chi connectivity index (χ1v) is 15.6. The second kappa shape index (κ2) is 11.9. The van der Waals surface area contributed by atoms with Crippen LogP contribution in [0.4, 0.5) is 10.1 Å². The number of anilines is 1. The number of aromatic amines is 1. The number of benzene rings is 4. The van der Waals surface area contributed by atoms with Gasteiger partial charge >= 0.3 is 0 Å². The van der Waals surface area contributed by atoms with E-state index >= 15 is 0 Å². The highest BCUT2D eigenvalue weighted by atomic mass is 32.2. The molecule has 7 nitrogen and oxygen atoms in total. The number of carbonyl (C=O) groups is 1. The van der Waals surface area contributed by atoms with Crippen LogP contribution in [0.1, 0.15) is 12.0 Å². The molecule has 9 heteroatoms. The van der Waals surface area contributed by atoms with Gasteiger partial charge in [-0.05, 0) is 47.7 Å². The van der Waals surface area contributed by atoms with Crippen molar-refractivity contribution < 1.29 is 13.9 Å². The lowest BCUT2D eigenvalue weighted by atomic mass is 10.0. The number of imidazole rings is 1. The molecule has 1 amide bonds. The molecule has 2 atom stereocenters. The van der Waals surface area contributed by atoms with E-state index in [4.69, 9.17) is 9.72 Å². The molecule has 1 N–H and O–H groups in total. The number of methoxy groups -OCH3 is 1. The number of amides is 1. The fraction of sp³-hybridized carbons (Fsp3) is 0.294. The van der Waals surface area contributed by atoms with E-state index in [1.165, 1.54) is 11.6 Å². The standard InChI is InChI=1S/C34H34FN5O2S/c1-42-32-15-14-23(25-8-2-3-9-26(25)32)21-40-22-24(43-34-36-28-11-5-6-12-29(28)37-34)20-31(40)33(41)39-18-16-38(17-19-39)30-13-7-4-10-27(30)35/h2-15,24,31H,16-22H2,1H3,(H,36,37)/t24-,31+/m1/s1. The Kier molecular flexibility index (Phi) is 7.67. The summed E-state index contributed by atoms with van der Waals surface area (Å²) in [6.07, 6.45) is 0.738. The number of piperazine rings is 1. The Hall–Kier alpha value is -4.08. The van der Waals surface area contributed by atoms with Gasteiger partial charge in [0.2, 0.25) is 5.91 Å². The Morgan fingerprint density at radius 1 is 0.953 bits per heavy atom. The molecule has 0 spiro atoms. The number of ether oxygens (including phenoxy) is 1. The quantitative estimate of drug-likeness (QED) is 0.251. The van der Waals surface area contributed by atoms with Crippen molar-refractivity contribution in [2.45, 2.75) is 29.4 Å². The summed E-state index contributed by atoms with van der Waals surface area (Å²) in [6, 6.07) is 27.1. The third-order valence-electron chi connectivity index (χ3n) is 8.65. The molecule has 4 aromatic carbocycles. The number of fused-ring (bicyclic) bond motifs is 2. The lowest BCUT2D eigenvalue weighted by molar-refractivity contribution is -0.136. The molecule has 0 radical (unpaired) electrons. The van der Waals surface area contributed by atoms with E-state index in [0.717, 1.165) is 45.7 Å². The van der Waals surface area contributed by atoms with Gasteiger partial charge in [0, 0.05) is 49.9 Å². The van der Waals surface area contributed by atoms with Crippen molar-refractivity contribution in [3.05, 3.63) is 96.3 Å². The maximum atomic E-state index is 14.4. The summed E-state index contributed by atoms with van der Waals surface area (Å²) in [7, 11) is 1.70. The molecule has 2 saturated heterocycles. The number of nitrogens with one attached hydrogen (secondary N) is 1. The number of para-hydroxylation sites is 3. The van der Waals surface area contributed by atoms with Crippen molar-refractivity contribution in [2.75, 3.05) is 44.7 Å². The molecule has 2 fully saturated rings. The van der Waals surface area contributed by atoms with Gasteiger partial charge in [0.25, 0.3) is 0 Å². The number of likely N-dealkylation sites (tertiary alicyclic amines) is 1. The highest BCUT2D eigenvalue weighted by molar-refractivity contribution is 7.99. The number of aromatic nitrogens is 2. The lowest BCUT2D eigenvalue weighted by Gasteiger charge is -2.38. The first kappa shape index (κ1) is 27.7. The highest BCUT2D eigenvalue weighted by Crippen LogP contribution is 2.36. The summed E-state index contributed by atoms with van der Waals surface area (Å²) < 4.78 is 20.1. The van der Waals surface area contributed by atoms with E-state index in [1.54, 1.807) is 24.9 Å². The molecule has 0 aliphatic carbocycles. The summed E-state index contributed by atoms with van der Waals surface area (Å²) in [5.74, 6) is 0.777. The zero-order valence-corrected chi connectivity index (χ0v) is 24.9. The molecule has 0 saturated carbocycles. The van der Waals surface area contributed by atoms with Crippen LogP contribution in [-0.4, -0.2) is 76.8 Å². The van der Waals surface area contributed by atoms with Crippen LogP contribution in [0, 0.1) is 5.82 Å². The van der Waals surface area contributed by atoms with Crippen LogP contribution in [0.5, 0.6) is 5.75 Å². The molecule has 220 valence electrons. The Morgan fingerprint density at radius 2 is 1.70 bits per heavy atom. The van der Waals surface area contributed by atoms with Gasteiger partial charge in [0.1, 0.15) is 11.6 Å². The third kappa shape index (κ3) is 5.55. The predicted molar refractivity (Wildman–Crippen MR) is 170 cm³/mol. The highest BCUT2D eigenvalue weighted by Gasteiger charge is 2.40. The van der Waals surface area contributed by atoms with Crippen molar-refractivity contribution in [2.24, 2.45) is 0 Å². The van der Waals surface area contributed by atoms with Crippen molar-refractivity contribution in [3.8, 4) is 5.75 Å². The second-order valence-corrected chi connectivity index (χ2v) is 12.5. The minimum absolute atomic E-state index is 0.152. The van der Waals surface area contributed by atoms with Gasteiger partial charge in [-0.15, -0.1) is 0 Å². The molecule has 0 bridgehead atoms. The van der Waals surface area contributed by atoms with E-state index in [2.05, 4.69) is 28.1 Å². The number of rotatable bonds is 7. The van der Waals surface area contributed by atoms with Gasteiger partial charge in [-0.2, -0.15) is 0 Å². The molecule has 7 rings (SSSR count). The number of hydrogen-bond acceptors (Lipinski definition) is 6. The average molecular weight is 596 g/mol. The van der Waals surface area contributed by atoms with Crippen LogP contribution in [0.15, 0.2) is 90.1 Å². The Balaban J connectivity index is 1.13. The Labute approximate surface area is 254 Å². The molecule has 2 aliphatic rings. The smallest absolute Gasteiger partial charge is 0.240 e. The zero-order valence-electron chi connectivity index (χ0n) is 24.1. The first-order chi connectivity index (χ1) is 21.1. The summed E-state index contributed by atoms with van der Waals surface area (Å²) in [6.45, 7) is 3.80. The van der Waals surface area contributed by atoms with E-state index in [-0.39, 0.29) is 23.0 Å². The van der Waals surface area contributed by atoms with Gasteiger partial charge in [0.05, 0.1) is 29.9 Å². The van der Waals surface area contributed by atoms with Crippen molar-refractivity contribution in [1.82, 2.24) is 19.8 Å². The monoisotopic (exact) mass is 595 g/mol. The van der Waals surface area contributed by atoms with Gasteiger partial charge in [-0.3, -0.25) is 9.69 Å². The largest absolute Gasteiger partial charge is 0.496 e. The molecule has 5 aromatic rings. The predicted octanol–water partition coefficient (Wildman–Crippen LogP) is 5.95. The van der Waals surface area contributed by atoms with Gasteiger partial charge < -0.3 is 19.5 Å². The van der Waals surface area contributed by atoms with Crippen molar-refractivity contribution >= 4 is 45.2 Å². The first-order valence-electron chi connectivity index (χ1n) is 14.8. The molecule has 43 heavy (non-hydrogen) atoms. The van der Waals surface area contributed by atoms with E-state index in [0.29, 0.717) is 38.4 Å². The topological polar surface area (TPSA) is 64.7 Å². The minimum atomic E-state index is -0.247. The fourth-order valence-electron chi connectivity index (χ4n) is 6.48. The number of thioether (sulfide) groups is 1. The molecule has 2 aliphatic heterocycles. The summed E-state index contributed by atoms with van der Waals surface area (Å²) in [4.78, 5) is 28.7. The third-order valence-corrected chi connectivity index (χ3v) is 9.74. The van der Waals surface area contributed by atoms with Crippen LogP contribution in [-0.2, 0) is 11.3 Å². The zero-order chi connectivity index (χ0) is 29.3. The van der Waals surface area contributed by atoms with Crippen LogP contribution in [0.3, 0.4) is 0 Å². The number of H-pyrrole nitrogens is 1. The minimum Gasteiger partial charge on any atom is -0.496 e. The molecule has 1 aromatic heterocycles. The average Bonchev–Trinajstić information content (AvgIpc) is 3.64. The molecule has 0 unspecified atom stereocenters. The number of halogens is 1. The normalized spacial score (nSPS) is 19.4. The summed E-state index contributed by atoms with van der Waals surface area (Å²) >= 11 is 1.72. The number of carbonyl (C=O) groups excluding carboxylic acids is 1. The van der Waals surface area contributed by atoms with Gasteiger partial charge in [0.15, 0.2) is 5.16 Å². The maximum Gasteiger partial charge on any atom is 0.240 e. The van der Waals surface area contributed by atoms with Gasteiger partial charge in [-0.25, -0.2) is 9.37 Å². The van der Waals surface area contributed by atoms with Gasteiger partial charge in [-0.1, -0.05) is 66.4 Å². The number of nitrogens with zero attached hydrogens (tertiary/aromatic N) is 4. The van der Waals surface area contributed by atoms with Crippen LogP contribution in [0.2, 0.25) is 0 Å². The Bertz CT molecular complexity index is 1740. The summed E-state index contributed by atoms with van der Waals surface area (Å²) in [5, 5.41) is 3.30. The Morgan fingerprint density at radius 3 is 2.49 bits per heavy atom. The fourth-order valence-corrected chi connectivity index (χ4v) is 7.66. The SMILES string of the molecule is COc1ccc(CN2C[C@H](Sc3nc4ccccc4[nH]3)C[C@H]2C(=O)N2CCN(c3ccccc3F)CC2)c2ccccc12. The van der Waals surface area contributed by atoms with Crippen LogP contribution < -0.4 is 9.64 Å². The van der Waals surface area contributed by atoms with E-state index in [1.807, 2.05) is 64.4 Å². The lowest BCUT2D eigenvalue weighted by Crippen LogP contribution is -2.53. The van der Waals surface area contributed by atoms with E-state index < -0.39 is 0 Å². The second-order valence-electron chi connectivity index (χ2n) is 11.2. The molecule has 3 heterocycles. The molecular weight excluding hydrogens is 561 g/mol. The number of hydrogen-bond donors (Lipinski definition) is 1. The van der Waals surface area contributed by atoms with Crippen molar-refractivity contribution in [3.63, 3.8) is 0 Å². The molecular formula is C34H34FN5O2S. The summed E-state index contributed by atoms with van der Waals surface area (Å²) in [5.41, 5.74) is 3.74.